The monoisotopic (exact) mass is 300 g/mol. The van der Waals surface area contributed by atoms with Gasteiger partial charge in [-0.25, -0.2) is 9.18 Å². The van der Waals surface area contributed by atoms with Crippen molar-refractivity contribution in [2.45, 2.75) is 19.3 Å². The first-order valence-electron chi connectivity index (χ1n) is 7.30. The summed E-state index contributed by atoms with van der Waals surface area (Å²) in [5.74, 6) is -0.123. The molecule has 0 aliphatic carbocycles. The summed E-state index contributed by atoms with van der Waals surface area (Å²) in [4.78, 5) is 14.1. The second-order valence-electron chi connectivity index (χ2n) is 5.32. The molecule has 0 saturated heterocycles. The lowest BCUT2D eigenvalue weighted by Crippen LogP contribution is -2.35. The molecule has 0 atom stereocenters. The Morgan fingerprint density at radius 3 is 2.68 bits per heavy atom. The largest absolute Gasteiger partial charge is 0.508 e. The van der Waals surface area contributed by atoms with E-state index in [1.54, 1.807) is 29.2 Å². The van der Waals surface area contributed by atoms with Crippen molar-refractivity contribution in [3.05, 3.63) is 53.8 Å². The number of halogens is 1. The van der Waals surface area contributed by atoms with Gasteiger partial charge in [0.15, 0.2) is 0 Å². The molecule has 4 nitrogen and oxygen atoms in total. The summed E-state index contributed by atoms with van der Waals surface area (Å²) in [6.07, 6.45) is 2.33. The number of benzene rings is 2. The fourth-order valence-electron chi connectivity index (χ4n) is 2.69. The van der Waals surface area contributed by atoms with E-state index in [0.717, 1.165) is 12.8 Å². The van der Waals surface area contributed by atoms with Crippen LogP contribution in [0, 0.1) is 5.82 Å². The van der Waals surface area contributed by atoms with E-state index < -0.39 is 0 Å². The third kappa shape index (κ3) is 2.88. The Kier molecular flexibility index (Phi) is 3.96. The lowest BCUT2D eigenvalue weighted by molar-refractivity contribution is 0.257. The van der Waals surface area contributed by atoms with Gasteiger partial charge in [-0.05, 0) is 55.7 Å². The Bertz CT molecular complexity index is 686. The van der Waals surface area contributed by atoms with Crippen LogP contribution in [0.1, 0.15) is 18.4 Å². The van der Waals surface area contributed by atoms with Gasteiger partial charge in [0.2, 0.25) is 0 Å². The number of fused-ring (bicyclic) bond motifs is 1. The molecule has 0 fully saturated rings. The Balaban J connectivity index is 1.86. The van der Waals surface area contributed by atoms with E-state index in [-0.39, 0.29) is 17.6 Å². The summed E-state index contributed by atoms with van der Waals surface area (Å²) in [5, 5.41) is 12.1. The standard InChI is InChI=1S/C17H17FN2O2/c18-15-5-3-6-16-14(15)4-1-2-11-20(16)17(22)19-12-7-9-13(21)10-8-12/h3,5-10,21H,1-2,4,11H2,(H,19,22). The summed E-state index contributed by atoms with van der Waals surface area (Å²) < 4.78 is 14.0. The zero-order chi connectivity index (χ0) is 15.5. The van der Waals surface area contributed by atoms with Crippen molar-refractivity contribution in [3.63, 3.8) is 0 Å². The molecule has 5 heteroatoms. The summed E-state index contributed by atoms with van der Waals surface area (Å²) in [5.41, 5.74) is 1.82. The van der Waals surface area contributed by atoms with E-state index in [0.29, 0.717) is 29.9 Å². The molecule has 0 radical (unpaired) electrons. The van der Waals surface area contributed by atoms with E-state index in [1.807, 2.05) is 0 Å². The number of aromatic hydroxyl groups is 1. The lowest BCUT2D eigenvalue weighted by atomic mass is 10.1. The molecule has 2 amide bonds. The molecule has 22 heavy (non-hydrogen) atoms. The van der Waals surface area contributed by atoms with Crippen molar-refractivity contribution >= 4 is 17.4 Å². The van der Waals surface area contributed by atoms with Crippen LogP contribution >= 0.6 is 0 Å². The summed E-state index contributed by atoms with van der Waals surface area (Å²) in [6.45, 7) is 0.556. The summed E-state index contributed by atoms with van der Waals surface area (Å²) >= 11 is 0. The molecular weight excluding hydrogens is 283 g/mol. The third-order valence-electron chi connectivity index (χ3n) is 3.81. The average molecular weight is 300 g/mol. The van der Waals surface area contributed by atoms with Gasteiger partial charge in [-0.2, -0.15) is 0 Å². The van der Waals surface area contributed by atoms with E-state index in [1.165, 1.54) is 18.2 Å². The van der Waals surface area contributed by atoms with Gasteiger partial charge >= 0.3 is 6.03 Å². The number of anilines is 2. The molecule has 114 valence electrons. The van der Waals surface area contributed by atoms with Crippen LogP contribution in [0.5, 0.6) is 5.75 Å². The lowest BCUT2D eigenvalue weighted by Gasteiger charge is -2.23. The molecule has 0 unspecified atom stereocenters. The molecule has 2 aromatic carbocycles. The van der Waals surface area contributed by atoms with E-state index in [4.69, 9.17) is 0 Å². The first-order valence-corrected chi connectivity index (χ1v) is 7.30. The second-order valence-corrected chi connectivity index (χ2v) is 5.32. The fraction of sp³-hybridized carbons (Fsp3) is 0.235. The highest BCUT2D eigenvalue weighted by Crippen LogP contribution is 2.29. The highest BCUT2D eigenvalue weighted by molar-refractivity contribution is 6.02. The molecular formula is C17H17FN2O2. The van der Waals surface area contributed by atoms with Crippen molar-refractivity contribution in [3.8, 4) is 5.75 Å². The van der Waals surface area contributed by atoms with Gasteiger partial charge in [0.05, 0.1) is 5.69 Å². The molecule has 0 aromatic heterocycles. The van der Waals surface area contributed by atoms with E-state index in [9.17, 15) is 14.3 Å². The number of carbonyl (C=O) groups excluding carboxylic acids is 1. The summed E-state index contributed by atoms with van der Waals surface area (Å²) in [7, 11) is 0. The Morgan fingerprint density at radius 1 is 1.14 bits per heavy atom. The zero-order valence-electron chi connectivity index (χ0n) is 12.1. The van der Waals surface area contributed by atoms with Gasteiger partial charge in [0, 0.05) is 17.8 Å². The highest BCUT2D eigenvalue weighted by atomic mass is 19.1. The highest BCUT2D eigenvalue weighted by Gasteiger charge is 2.23. The molecule has 1 heterocycles. The predicted molar refractivity (Wildman–Crippen MR) is 83.8 cm³/mol. The number of hydrogen-bond acceptors (Lipinski definition) is 2. The maximum absolute atomic E-state index is 14.0. The zero-order valence-corrected chi connectivity index (χ0v) is 12.1. The Labute approximate surface area is 128 Å². The number of urea groups is 1. The molecule has 2 N–H and O–H groups in total. The van der Waals surface area contributed by atoms with Crippen molar-refractivity contribution in [2.24, 2.45) is 0 Å². The molecule has 2 aromatic rings. The third-order valence-corrected chi connectivity index (χ3v) is 3.81. The Morgan fingerprint density at radius 2 is 1.91 bits per heavy atom. The number of nitrogens with zero attached hydrogens (tertiary/aromatic N) is 1. The van der Waals surface area contributed by atoms with E-state index >= 15 is 0 Å². The Hall–Kier alpha value is -2.56. The minimum absolute atomic E-state index is 0.139. The number of amides is 2. The summed E-state index contributed by atoms with van der Waals surface area (Å²) in [6, 6.07) is 10.8. The topological polar surface area (TPSA) is 52.6 Å². The average Bonchev–Trinajstić information content (AvgIpc) is 2.73. The SMILES string of the molecule is O=C(Nc1ccc(O)cc1)N1CCCCc2c(F)cccc21. The van der Waals surface area contributed by atoms with Crippen LogP contribution in [-0.2, 0) is 6.42 Å². The van der Waals surface area contributed by atoms with Gasteiger partial charge in [-0.3, -0.25) is 4.90 Å². The smallest absolute Gasteiger partial charge is 0.326 e. The maximum Gasteiger partial charge on any atom is 0.326 e. The molecule has 1 aliphatic heterocycles. The van der Waals surface area contributed by atoms with Crippen molar-refractivity contribution in [1.82, 2.24) is 0 Å². The minimum Gasteiger partial charge on any atom is -0.508 e. The van der Waals surface area contributed by atoms with Gasteiger partial charge in [-0.15, -0.1) is 0 Å². The van der Waals surface area contributed by atoms with Crippen LogP contribution in [0.4, 0.5) is 20.6 Å². The van der Waals surface area contributed by atoms with Crippen LogP contribution < -0.4 is 10.2 Å². The van der Waals surface area contributed by atoms with Crippen molar-refractivity contribution in [1.29, 1.82) is 0 Å². The first kappa shape index (κ1) is 14.4. The van der Waals surface area contributed by atoms with Gasteiger partial charge in [-0.1, -0.05) is 6.07 Å². The van der Waals surface area contributed by atoms with Crippen LogP contribution in [-0.4, -0.2) is 17.7 Å². The number of nitrogens with one attached hydrogen (secondary N) is 1. The molecule has 1 aliphatic rings. The normalized spacial score (nSPS) is 14.1. The molecule has 0 spiro atoms. The van der Waals surface area contributed by atoms with Crippen molar-refractivity contribution in [2.75, 3.05) is 16.8 Å². The van der Waals surface area contributed by atoms with Gasteiger partial charge in [0.25, 0.3) is 0 Å². The fourth-order valence-corrected chi connectivity index (χ4v) is 2.69. The van der Waals surface area contributed by atoms with Crippen molar-refractivity contribution < 1.29 is 14.3 Å². The molecule has 0 saturated carbocycles. The molecule has 0 bridgehead atoms. The van der Waals surface area contributed by atoms with Gasteiger partial charge in [0.1, 0.15) is 11.6 Å². The van der Waals surface area contributed by atoms with Gasteiger partial charge < -0.3 is 10.4 Å². The van der Waals surface area contributed by atoms with Crippen LogP contribution in [0.15, 0.2) is 42.5 Å². The number of hydrogen-bond donors (Lipinski definition) is 2. The van der Waals surface area contributed by atoms with Crippen LogP contribution in [0.2, 0.25) is 0 Å². The van der Waals surface area contributed by atoms with Crippen LogP contribution in [0.25, 0.3) is 0 Å². The quantitative estimate of drug-likeness (QED) is 0.785. The number of phenolic OH excluding ortho intramolecular Hbond substituents is 1. The first-order chi connectivity index (χ1) is 10.6. The number of rotatable bonds is 1. The van der Waals surface area contributed by atoms with E-state index in [2.05, 4.69) is 5.32 Å². The predicted octanol–water partition coefficient (Wildman–Crippen LogP) is 3.91. The van der Waals surface area contributed by atoms with Crippen LogP contribution in [0.3, 0.4) is 0 Å². The number of carbonyl (C=O) groups is 1. The number of phenols is 1. The minimum atomic E-state index is -0.292. The second kappa shape index (κ2) is 6.05. The molecule has 3 rings (SSSR count). The maximum atomic E-state index is 14.0.